The average Bonchev–Trinajstić information content (AvgIpc) is 2.97. The van der Waals surface area contributed by atoms with Crippen molar-refractivity contribution in [1.29, 1.82) is 0 Å². The quantitative estimate of drug-likeness (QED) is 0.893. The van der Waals surface area contributed by atoms with E-state index >= 15 is 0 Å². The Morgan fingerprint density at radius 2 is 2.24 bits per heavy atom. The summed E-state index contributed by atoms with van der Waals surface area (Å²) >= 11 is 0. The number of carbonyl (C=O) groups excluding carboxylic acids is 1. The molecule has 0 bridgehead atoms. The summed E-state index contributed by atoms with van der Waals surface area (Å²) in [5, 5.41) is 6.56. The summed E-state index contributed by atoms with van der Waals surface area (Å²) in [7, 11) is 1.65. The van der Waals surface area contributed by atoms with Crippen LogP contribution in [0.25, 0.3) is 0 Å². The van der Waals surface area contributed by atoms with Gasteiger partial charge in [-0.3, -0.25) is 4.79 Å². The van der Waals surface area contributed by atoms with Crippen molar-refractivity contribution in [3.05, 3.63) is 29.8 Å². The summed E-state index contributed by atoms with van der Waals surface area (Å²) in [6.45, 7) is 0.559. The molecule has 0 aromatic heterocycles. The van der Waals surface area contributed by atoms with Crippen LogP contribution in [0.4, 0.5) is 0 Å². The largest absolute Gasteiger partial charge is 0.497 e. The highest BCUT2D eigenvalue weighted by atomic mass is 16.5. The fraction of sp³-hybridized carbons (Fsp3) is 0.588. The molecule has 0 spiro atoms. The van der Waals surface area contributed by atoms with E-state index in [0.29, 0.717) is 18.5 Å². The van der Waals surface area contributed by atoms with Crippen LogP contribution in [0, 0.1) is 5.92 Å². The van der Waals surface area contributed by atoms with Crippen LogP contribution in [0.2, 0.25) is 0 Å². The van der Waals surface area contributed by atoms with Crippen LogP contribution < -0.4 is 15.4 Å². The van der Waals surface area contributed by atoms with Gasteiger partial charge in [0.2, 0.25) is 5.91 Å². The van der Waals surface area contributed by atoms with Gasteiger partial charge in [-0.1, -0.05) is 25.0 Å². The molecule has 1 aliphatic carbocycles. The highest BCUT2D eigenvalue weighted by Gasteiger charge is 2.37. The first-order chi connectivity index (χ1) is 10.3. The standard InChI is InChI=1S/C17H24N2O2/c1-21-14-7-4-5-12(9-14)11-18-17(20)16-10-13-6-2-3-8-15(13)19-16/h4-5,7,9,13,15-16,19H,2-3,6,8,10-11H2,1H3,(H,18,20). The molecular weight excluding hydrogens is 264 g/mol. The predicted octanol–water partition coefficient (Wildman–Crippen LogP) is 2.23. The normalized spacial score (nSPS) is 28.0. The van der Waals surface area contributed by atoms with E-state index in [1.165, 1.54) is 25.7 Å². The molecule has 1 saturated carbocycles. The van der Waals surface area contributed by atoms with Crippen molar-refractivity contribution >= 4 is 5.91 Å². The number of hydrogen-bond donors (Lipinski definition) is 2. The lowest BCUT2D eigenvalue weighted by atomic mass is 9.85. The van der Waals surface area contributed by atoms with Crippen LogP contribution in [0.1, 0.15) is 37.7 Å². The Hall–Kier alpha value is -1.55. The van der Waals surface area contributed by atoms with E-state index in [-0.39, 0.29) is 11.9 Å². The van der Waals surface area contributed by atoms with E-state index in [1.54, 1.807) is 7.11 Å². The second-order valence-electron chi connectivity index (χ2n) is 6.18. The van der Waals surface area contributed by atoms with Crippen LogP contribution in [0.3, 0.4) is 0 Å². The van der Waals surface area contributed by atoms with Gasteiger partial charge < -0.3 is 15.4 Å². The molecule has 2 N–H and O–H groups in total. The molecule has 4 nitrogen and oxygen atoms in total. The first-order valence-electron chi connectivity index (χ1n) is 7.93. The Bertz CT molecular complexity index is 489. The minimum atomic E-state index is -0.0105. The van der Waals surface area contributed by atoms with Crippen molar-refractivity contribution in [3.63, 3.8) is 0 Å². The number of amides is 1. The number of nitrogens with one attached hydrogen (secondary N) is 2. The Labute approximate surface area is 126 Å². The lowest BCUT2D eigenvalue weighted by Crippen LogP contribution is -2.42. The van der Waals surface area contributed by atoms with Crippen molar-refractivity contribution in [2.75, 3.05) is 7.11 Å². The first-order valence-corrected chi connectivity index (χ1v) is 7.93. The summed E-state index contributed by atoms with van der Waals surface area (Å²) < 4.78 is 5.20. The summed E-state index contributed by atoms with van der Waals surface area (Å²) in [5.41, 5.74) is 1.07. The van der Waals surface area contributed by atoms with Gasteiger partial charge in [-0.15, -0.1) is 0 Å². The Kier molecular flexibility index (Phi) is 4.44. The monoisotopic (exact) mass is 288 g/mol. The van der Waals surface area contributed by atoms with Crippen molar-refractivity contribution in [1.82, 2.24) is 10.6 Å². The van der Waals surface area contributed by atoms with Crippen LogP contribution in [-0.4, -0.2) is 25.1 Å². The summed E-state index contributed by atoms with van der Waals surface area (Å²) in [6, 6.07) is 8.37. The number of benzene rings is 1. The number of fused-ring (bicyclic) bond motifs is 1. The zero-order valence-corrected chi connectivity index (χ0v) is 12.6. The van der Waals surface area contributed by atoms with Crippen LogP contribution in [0.5, 0.6) is 5.75 Å². The zero-order chi connectivity index (χ0) is 14.7. The van der Waals surface area contributed by atoms with E-state index in [9.17, 15) is 4.79 Å². The van der Waals surface area contributed by atoms with Gasteiger partial charge in [0, 0.05) is 12.6 Å². The zero-order valence-electron chi connectivity index (χ0n) is 12.6. The Morgan fingerprint density at radius 1 is 1.38 bits per heavy atom. The third-order valence-corrected chi connectivity index (χ3v) is 4.78. The molecule has 114 valence electrons. The number of methoxy groups -OCH3 is 1. The summed E-state index contributed by atoms with van der Waals surface area (Å²) in [5.74, 6) is 1.66. The lowest BCUT2D eigenvalue weighted by molar-refractivity contribution is -0.123. The fourth-order valence-corrected chi connectivity index (χ4v) is 3.62. The highest BCUT2D eigenvalue weighted by Crippen LogP contribution is 2.33. The smallest absolute Gasteiger partial charge is 0.237 e. The molecule has 0 radical (unpaired) electrons. The van der Waals surface area contributed by atoms with Gasteiger partial charge in [0.05, 0.1) is 13.2 Å². The Morgan fingerprint density at radius 3 is 3.05 bits per heavy atom. The second kappa shape index (κ2) is 6.48. The number of ether oxygens (including phenoxy) is 1. The molecule has 21 heavy (non-hydrogen) atoms. The lowest BCUT2D eigenvalue weighted by Gasteiger charge is -2.24. The molecule has 2 fully saturated rings. The maximum atomic E-state index is 12.3. The van der Waals surface area contributed by atoms with Gasteiger partial charge in [-0.05, 0) is 42.9 Å². The Balaban J connectivity index is 1.52. The van der Waals surface area contributed by atoms with E-state index < -0.39 is 0 Å². The maximum Gasteiger partial charge on any atom is 0.237 e. The predicted molar refractivity (Wildman–Crippen MR) is 82.1 cm³/mol. The van der Waals surface area contributed by atoms with E-state index in [0.717, 1.165) is 17.7 Å². The third kappa shape index (κ3) is 3.38. The molecule has 3 rings (SSSR count). The van der Waals surface area contributed by atoms with Gasteiger partial charge >= 0.3 is 0 Å². The topological polar surface area (TPSA) is 50.4 Å². The molecule has 1 aromatic carbocycles. The molecule has 3 unspecified atom stereocenters. The first kappa shape index (κ1) is 14.4. The highest BCUT2D eigenvalue weighted by molar-refractivity contribution is 5.82. The van der Waals surface area contributed by atoms with Gasteiger partial charge in [-0.25, -0.2) is 0 Å². The van der Waals surface area contributed by atoms with Crippen molar-refractivity contribution in [3.8, 4) is 5.75 Å². The minimum absolute atomic E-state index is 0.0105. The number of rotatable bonds is 4. The molecule has 1 aliphatic heterocycles. The van der Waals surface area contributed by atoms with E-state index in [4.69, 9.17) is 4.74 Å². The number of carbonyl (C=O) groups is 1. The van der Waals surface area contributed by atoms with E-state index in [2.05, 4.69) is 10.6 Å². The maximum absolute atomic E-state index is 12.3. The van der Waals surface area contributed by atoms with Crippen molar-refractivity contribution in [2.45, 2.75) is 50.7 Å². The van der Waals surface area contributed by atoms with Gasteiger partial charge in [-0.2, -0.15) is 0 Å². The molecule has 2 aliphatic rings. The van der Waals surface area contributed by atoms with Gasteiger partial charge in [0.25, 0.3) is 0 Å². The molecule has 1 aromatic rings. The average molecular weight is 288 g/mol. The van der Waals surface area contributed by atoms with Crippen molar-refractivity contribution in [2.24, 2.45) is 5.92 Å². The van der Waals surface area contributed by atoms with Gasteiger partial charge in [0.15, 0.2) is 0 Å². The third-order valence-electron chi connectivity index (χ3n) is 4.78. The molecule has 1 saturated heterocycles. The van der Waals surface area contributed by atoms with Gasteiger partial charge in [0.1, 0.15) is 5.75 Å². The second-order valence-corrected chi connectivity index (χ2v) is 6.18. The van der Waals surface area contributed by atoms with Crippen LogP contribution >= 0.6 is 0 Å². The SMILES string of the molecule is COc1cccc(CNC(=O)C2CC3CCCCC3N2)c1. The van der Waals surface area contributed by atoms with Crippen LogP contribution in [-0.2, 0) is 11.3 Å². The summed E-state index contributed by atoms with van der Waals surface area (Å²) in [6.07, 6.45) is 6.11. The van der Waals surface area contributed by atoms with Crippen molar-refractivity contribution < 1.29 is 9.53 Å². The number of hydrogen-bond acceptors (Lipinski definition) is 3. The van der Waals surface area contributed by atoms with E-state index in [1.807, 2.05) is 24.3 Å². The molecular formula is C17H24N2O2. The molecule has 1 heterocycles. The molecule has 4 heteroatoms. The fourth-order valence-electron chi connectivity index (χ4n) is 3.62. The summed E-state index contributed by atoms with van der Waals surface area (Å²) in [4.78, 5) is 12.3. The molecule has 1 amide bonds. The van der Waals surface area contributed by atoms with Crippen LogP contribution in [0.15, 0.2) is 24.3 Å². The minimum Gasteiger partial charge on any atom is -0.497 e. The molecule has 3 atom stereocenters.